The first-order chi connectivity index (χ1) is 12.3. The first kappa shape index (κ1) is 21.5. The van der Waals surface area contributed by atoms with Crippen LogP contribution in [0.15, 0.2) is 24.3 Å². The molecule has 0 aromatic heterocycles. The number of ether oxygens (including phenoxy) is 1. The van der Waals surface area contributed by atoms with Crippen LogP contribution in [0.2, 0.25) is 0 Å². The fraction of sp³-hybridized carbons (Fsp3) is 0.471. The Balaban J connectivity index is 0.000000487. The number of amides is 1. The number of carboxylic acid groups (broad SMARTS) is 2. The minimum absolute atomic E-state index is 0.173. The molecule has 0 saturated carbocycles. The molecule has 26 heavy (non-hydrogen) atoms. The van der Waals surface area contributed by atoms with Gasteiger partial charge < -0.3 is 20.3 Å². The third kappa shape index (κ3) is 8.04. The fourth-order valence-corrected chi connectivity index (χ4v) is 2.62. The molecule has 0 aliphatic carbocycles. The maximum Gasteiger partial charge on any atom is 0.414 e. The quantitative estimate of drug-likeness (QED) is 0.669. The first-order valence-corrected chi connectivity index (χ1v) is 8.05. The van der Waals surface area contributed by atoms with Crippen LogP contribution < -0.4 is 5.32 Å². The SMILES string of the molecule is COCC1CCCN(CC(=O)Nc2ccccc2F)C1.O=C(O)C(=O)O. The molecule has 1 heterocycles. The van der Waals surface area contributed by atoms with E-state index in [9.17, 15) is 9.18 Å². The van der Waals surface area contributed by atoms with Gasteiger partial charge in [-0.15, -0.1) is 0 Å². The van der Waals surface area contributed by atoms with Crippen molar-refractivity contribution in [2.24, 2.45) is 5.92 Å². The summed E-state index contributed by atoms with van der Waals surface area (Å²) < 4.78 is 18.6. The van der Waals surface area contributed by atoms with Crippen molar-refractivity contribution in [1.82, 2.24) is 4.90 Å². The van der Waals surface area contributed by atoms with E-state index in [0.717, 1.165) is 32.5 Å². The number of nitrogens with one attached hydrogen (secondary N) is 1. The number of carboxylic acids is 2. The minimum Gasteiger partial charge on any atom is -0.473 e. The van der Waals surface area contributed by atoms with Gasteiger partial charge in [0.1, 0.15) is 5.82 Å². The number of aliphatic carboxylic acids is 2. The summed E-state index contributed by atoms with van der Waals surface area (Å²) in [6, 6.07) is 6.21. The number of para-hydroxylation sites is 1. The molecule has 1 aromatic rings. The summed E-state index contributed by atoms with van der Waals surface area (Å²) in [5, 5.41) is 17.4. The lowest BCUT2D eigenvalue weighted by atomic mass is 9.99. The lowest BCUT2D eigenvalue weighted by molar-refractivity contribution is -0.159. The number of likely N-dealkylation sites (tertiary alicyclic amines) is 1. The summed E-state index contributed by atoms with van der Waals surface area (Å²) in [7, 11) is 1.70. The van der Waals surface area contributed by atoms with Crippen LogP contribution in [0.4, 0.5) is 10.1 Å². The number of methoxy groups -OCH3 is 1. The van der Waals surface area contributed by atoms with Crippen LogP contribution in [-0.4, -0.2) is 66.3 Å². The van der Waals surface area contributed by atoms with E-state index in [2.05, 4.69) is 10.2 Å². The predicted molar refractivity (Wildman–Crippen MR) is 91.3 cm³/mol. The van der Waals surface area contributed by atoms with Crippen LogP contribution in [0.1, 0.15) is 12.8 Å². The van der Waals surface area contributed by atoms with E-state index in [1.54, 1.807) is 25.3 Å². The molecule has 144 valence electrons. The molecular formula is C17H23FN2O6. The second-order valence-corrected chi connectivity index (χ2v) is 5.84. The number of benzene rings is 1. The molecule has 1 aliphatic heterocycles. The Morgan fingerprint density at radius 3 is 2.50 bits per heavy atom. The molecule has 1 fully saturated rings. The minimum atomic E-state index is -1.82. The molecule has 2 rings (SSSR count). The largest absolute Gasteiger partial charge is 0.473 e. The Morgan fingerprint density at radius 2 is 1.92 bits per heavy atom. The van der Waals surface area contributed by atoms with Crippen LogP contribution in [0, 0.1) is 11.7 Å². The Hall–Kier alpha value is -2.52. The molecule has 1 saturated heterocycles. The van der Waals surface area contributed by atoms with Crippen molar-refractivity contribution in [2.45, 2.75) is 12.8 Å². The van der Waals surface area contributed by atoms with Gasteiger partial charge in [-0.25, -0.2) is 14.0 Å². The second kappa shape index (κ2) is 11.2. The number of anilines is 1. The number of hydrogen-bond acceptors (Lipinski definition) is 5. The molecule has 0 spiro atoms. The lowest BCUT2D eigenvalue weighted by Gasteiger charge is -2.31. The average molecular weight is 370 g/mol. The van der Waals surface area contributed by atoms with Crippen molar-refractivity contribution < 1.29 is 33.7 Å². The lowest BCUT2D eigenvalue weighted by Crippen LogP contribution is -2.41. The molecule has 0 radical (unpaired) electrons. The second-order valence-electron chi connectivity index (χ2n) is 5.84. The van der Waals surface area contributed by atoms with Crippen LogP contribution in [-0.2, 0) is 19.1 Å². The number of carbonyl (C=O) groups excluding carboxylic acids is 1. The van der Waals surface area contributed by atoms with E-state index in [-0.39, 0.29) is 11.6 Å². The van der Waals surface area contributed by atoms with Gasteiger partial charge >= 0.3 is 11.9 Å². The molecule has 8 nitrogen and oxygen atoms in total. The van der Waals surface area contributed by atoms with E-state index in [4.69, 9.17) is 24.5 Å². The highest BCUT2D eigenvalue weighted by molar-refractivity contribution is 6.27. The number of halogens is 1. The standard InChI is InChI=1S/C15H21FN2O2.C2H2O4/c1-20-11-12-5-4-8-18(9-12)10-15(19)17-14-7-3-2-6-13(14)16;3-1(4)2(5)6/h2-3,6-7,12H,4-5,8-11H2,1H3,(H,17,19);(H,3,4)(H,5,6). The Labute approximate surface area is 150 Å². The average Bonchev–Trinajstić information content (AvgIpc) is 2.58. The van der Waals surface area contributed by atoms with Gasteiger partial charge in [-0.1, -0.05) is 12.1 Å². The zero-order valence-electron chi connectivity index (χ0n) is 14.5. The smallest absolute Gasteiger partial charge is 0.414 e. The zero-order valence-corrected chi connectivity index (χ0v) is 14.5. The van der Waals surface area contributed by atoms with Gasteiger partial charge in [0, 0.05) is 13.7 Å². The predicted octanol–water partition coefficient (Wildman–Crippen LogP) is 1.28. The van der Waals surface area contributed by atoms with Crippen molar-refractivity contribution >= 4 is 23.5 Å². The summed E-state index contributed by atoms with van der Waals surface area (Å²) in [5.41, 5.74) is 0.239. The van der Waals surface area contributed by atoms with Crippen LogP contribution in [0.3, 0.4) is 0 Å². The zero-order chi connectivity index (χ0) is 19.5. The Bertz CT molecular complexity index is 611. The van der Waals surface area contributed by atoms with Crippen LogP contribution in [0.25, 0.3) is 0 Å². The van der Waals surface area contributed by atoms with E-state index in [1.165, 1.54) is 6.07 Å². The van der Waals surface area contributed by atoms with Crippen molar-refractivity contribution in [3.8, 4) is 0 Å². The third-order valence-electron chi connectivity index (χ3n) is 3.70. The highest BCUT2D eigenvalue weighted by Gasteiger charge is 2.21. The highest BCUT2D eigenvalue weighted by Crippen LogP contribution is 2.17. The maximum atomic E-state index is 13.4. The Morgan fingerprint density at radius 1 is 1.27 bits per heavy atom. The van der Waals surface area contributed by atoms with E-state index in [0.29, 0.717) is 12.5 Å². The summed E-state index contributed by atoms with van der Waals surface area (Å²) in [4.78, 5) is 32.2. The summed E-state index contributed by atoms with van der Waals surface area (Å²) in [5.74, 6) is -3.75. The van der Waals surface area contributed by atoms with Crippen molar-refractivity contribution in [2.75, 3.05) is 38.7 Å². The molecular weight excluding hydrogens is 347 g/mol. The van der Waals surface area contributed by atoms with E-state index < -0.39 is 17.8 Å². The summed E-state index contributed by atoms with van der Waals surface area (Å²) in [6.45, 7) is 2.80. The van der Waals surface area contributed by atoms with Gasteiger partial charge in [0.15, 0.2) is 0 Å². The molecule has 1 amide bonds. The van der Waals surface area contributed by atoms with Gasteiger partial charge in [-0.2, -0.15) is 0 Å². The molecule has 1 aliphatic rings. The number of hydrogen-bond donors (Lipinski definition) is 3. The van der Waals surface area contributed by atoms with Crippen molar-refractivity contribution in [3.05, 3.63) is 30.1 Å². The van der Waals surface area contributed by atoms with Gasteiger partial charge in [-0.05, 0) is 37.4 Å². The highest BCUT2D eigenvalue weighted by atomic mass is 19.1. The number of rotatable bonds is 5. The summed E-state index contributed by atoms with van der Waals surface area (Å²) in [6.07, 6.45) is 2.21. The topological polar surface area (TPSA) is 116 Å². The van der Waals surface area contributed by atoms with E-state index >= 15 is 0 Å². The molecule has 9 heteroatoms. The van der Waals surface area contributed by atoms with Gasteiger partial charge in [0.25, 0.3) is 0 Å². The fourth-order valence-electron chi connectivity index (χ4n) is 2.62. The van der Waals surface area contributed by atoms with Gasteiger partial charge in [0.2, 0.25) is 5.91 Å². The monoisotopic (exact) mass is 370 g/mol. The molecule has 0 bridgehead atoms. The molecule has 3 N–H and O–H groups in total. The molecule has 1 aromatic carbocycles. The third-order valence-corrected chi connectivity index (χ3v) is 3.70. The van der Waals surface area contributed by atoms with Crippen LogP contribution >= 0.6 is 0 Å². The normalized spacial score (nSPS) is 16.9. The van der Waals surface area contributed by atoms with Gasteiger partial charge in [0.05, 0.1) is 18.8 Å². The summed E-state index contributed by atoms with van der Waals surface area (Å²) >= 11 is 0. The van der Waals surface area contributed by atoms with Gasteiger partial charge in [-0.3, -0.25) is 9.69 Å². The van der Waals surface area contributed by atoms with Crippen LogP contribution in [0.5, 0.6) is 0 Å². The number of carbonyl (C=O) groups is 3. The maximum absolute atomic E-state index is 13.4. The number of piperidine rings is 1. The van der Waals surface area contributed by atoms with Crippen molar-refractivity contribution in [1.29, 1.82) is 0 Å². The van der Waals surface area contributed by atoms with Crippen molar-refractivity contribution in [3.63, 3.8) is 0 Å². The van der Waals surface area contributed by atoms with E-state index in [1.807, 2.05) is 0 Å². The Kier molecular flexibility index (Phi) is 9.24. The molecule has 1 unspecified atom stereocenters. The molecule has 1 atom stereocenters. The first-order valence-electron chi connectivity index (χ1n) is 8.05. The number of nitrogens with zero attached hydrogens (tertiary/aromatic N) is 1.